The largest absolute Gasteiger partial charge is 0.480 e. The van der Waals surface area contributed by atoms with Crippen molar-refractivity contribution in [3.8, 4) is 0 Å². The summed E-state index contributed by atoms with van der Waals surface area (Å²) in [6.07, 6.45) is -0.0911. The molecule has 0 aliphatic carbocycles. The highest BCUT2D eigenvalue weighted by molar-refractivity contribution is 6.69. The van der Waals surface area contributed by atoms with Crippen molar-refractivity contribution in [3.63, 3.8) is 0 Å². The number of hydrogen-bond acceptors (Lipinski definition) is 4. The molecule has 1 aliphatic rings. The molecule has 0 saturated heterocycles. The van der Waals surface area contributed by atoms with Crippen molar-refractivity contribution in [2.45, 2.75) is 12.9 Å². The van der Waals surface area contributed by atoms with Gasteiger partial charge in [0.1, 0.15) is 6.54 Å². The normalized spacial score (nSPS) is 18.0. The Morgan fingerprint density at radius 1 is 1.65 bits per heavy atom. The molecule has 0 radical (unpaired) electrons. The summed E-state index contributed by atoms with van der Waals surface area (Å²) in [5.41, 5.74) is 8.53. The average molecular weight is 234 g/mol. The van der Waals surface area contributed by atoms with Crippen molar-refractivity contribution in [3.05, 3.63) is 23.8 Å². The van der Waals surface area contributed by atoms with Crippen LogP contribution in [0.15, 0.2) is 18.2 Å². The van der Waals surface area contributed by atoms with E-state index in [1.807, 2.05) is 25.0 Å². The van der Waals surface area contributed by atoms with Gasteiger partial charge in [-0.3, -0.25) is 4.79 Å². The third kappa shape index (κ3) is 2.27. The minimum Gasteiger partial charge on any atom is -0.480 e. The summed E-state index contributed by atoms with van der Waals surface area (Å²) in [5, 5.41) is 11.6. The molecule has 1 aromatic carbocycles. The number of aliphatic carboxylic acids is 1. The lowest BCUT2D eigenvalue weighted by Crippen LogP contribution is -2.29. The Balaban J connectivity index is 2.30. The van der Waals surface area contributed by atoms with Gasteiger partial charge in [0.25, 0.3) is 0 Å². The maximum absolute atomic E-state index is 10.6. The highest BCUT2D eigenvalue weighted by Crippen LogP contribution is 2.26. The summed E-state index contributed by atoms with van der Waals surface area (Å²) in [5.74, 6) is -0.885. The molecule has 0 unspecified atom stereocenters. The van der Waals surface area contributed by atoms with E-state index >= 15 is 0 Å². The molecule has 1 aromatic rings. The second-order valence-corrected chi connectivity index (χ2v) is 4.06. The lowest BCUT2D eigenvalue weighted by Gasteiger charge is -2.11. The molecule has 0 amide bonds. The Kier molecular flexibility index (Phi) is 3.35. The summed E-state index contributed by atoms with van der Waals surface area (Å²) >= 11 is 0. The molecule has 2 rings (SSSR count). The third-order valence-corrected chi connectivity index (χ3v) is 2.91. The van der Waals surface area contributed by atoms with Crippen LogP contribution in [0, 0.1) is 0 Å². The van der Waals surface area contributed by atoms with Crippen molar-refractivity contribution >= 4 is 24.0 Å². The molecule has 6 heteroatoms. The van der Waals surface area contributed by atoms with Gasteiger partial charge in [-0.1, -0.05) is 19.0 Å². The zero-order chi connectivity index (χ0) is 12.4. The van der Waals surface area contributed by atoms with Gasteiger partial charge in [-0.15, -0.1) is 0 Å². The fourth-order valence-corrected chi connectivity index (χ4v) is 2.21. The predicted molar refractivity (Wildman–Crippen MR) is 66.7 cm³/mol. The number of hydrogen-bond donors (Lipinski definition) is 3. The third-order valence-electron chi connectivity index (χ3n) is 2.91. The Morgan fingerprint density at radius 2 is 2.41 bits per heavy atom. The van der Waals surface area contributed by atoms with Crippen LogP contribution in [0.25, 0.3) is 0 Å². The summed E-state index contributed by atoms with van der Waals surface area (Å²) in [4.78, 5) is 10.6. The number of carboxylic acids is 1. The molecule has 0 spiro atoms. The molecule has 17 heavy (non-hydrogen) atoms. The van der Waals surface area contributed by atoms with E-state index in [1.165, 1.54) is 0 Å². The Bertz CT molecular complexity index is 439. The molecule has 1 aliphatic heterocycles. The summed E-state index contributed by atoms with van der Waals surface area (Å²) in [6.45, 7) is 2.22. The first-order chi connectivity index (χ1) is 8.13. The number of fused-ring (bicyclic) bond motifs is 1. The highest BCUT2D eigenvalue weighted by atomic mass is 16.5. The smallest absolute Gasteiger partial charge is 0.326 e. The van der Waals surface area contributed by atoms with E-state index in [9.17, 15) is 4.79 Å². The van der Waals surface area contributed by atoms with Gasteiger partial charge < -0.3 is 20.8 Å². The minimum atomic E-state index is -0.885. The lowest BCUT2D eigenvalue weighted by atomic mass is 9.63. The second kappa shape index (κ2) is 4.77. The molecule has 0 bridgehead atoms. The molecule has 1 atom stereocenters. The minimum absolute atomic E-state index is 0.0592. The average Bonchev–Trinajstić information content (AvgIpc) is 2.64. The van der Waals surface area contributed by atoms with Crippen LogP contribution >= 0.6 is 0 Å². The van der Waals surface area contributed by atoms with E-state index < -0.39 is 5.97 Å². The van der Waals surface area contributed by atoms with Gasteiger partial charge in [-0.25, -0.2) is 0 Å². The first-order valence-corrected chi connectivity index (χ1v) is 5.57. The van der Waals surface area contributed by atoms with E-state index in [4.69, 9.17) is 15.5 Å². The van der Waals surface area contributed by atoms with Gasteiger partial charge >= 0.3 is 12.9 Å². The van der Waals surface area contributed by atoms with Crippen LogP contribution in [-0.4, -0.2) is 31.1 Å². The van der Waals surface area contributed by atoms with Crippen molar-refractivity contribution in [2.24, 2.45) is 5.73 Å². The Hall–Kier alpha value is -1.53. The standard InChI is InChI=1S/C11H15BN2O3/c1-12-11-7(9(5-13)17-12)3-2-4-8(11)14-6-10(15)16/h2-4,9,14H,5-6,13H2,1H3,(H,15,16)/t9-/m1/s1. The van der Waals surface area contributed by atoms with Crippen LogP contribution in [0.1, 0.15) is 11.7 Å². The molecular formula is C11H15BN2O3. The zero-order valence-electron chi connectivity index (χ0n) is 9.64. The quantitative estimate of drug-likeness (QED) is 0.640. The van der Waals surface area contributed by atoms with Crippen molar-refractivity contribution in [1.29, 1.82) is 0 Å². The van der Waals surface area contributed by atoms with Crippen molar-refractivity contribution in [2.75, 3.05) is 18.4 Å². The van der Waals surface area contributed by atoms with Crippen molar-refractivity contribution < 1.29 is 14.6 Å². The van der Waals surface area contributed by atoms with E-state index in [2.05, 4.69) is 5.32 Å². The van der Waals surface area contributed by atoms with E-state index in [1.54, 1.807) is 0 Å². The molecule has 0 fully saturated rings. The fourth-order valence-electron chi connectivity index (χ4n) is 2.21. The number of nitrogens with one attached hydrogen (secondary N) is 1. The molecule has 0 saturated carbocycles. The molecular weight excluding hydrogens is 219 g/mol. The molecule has 0 aromatic heterocycles. The predicted octanol–water partition coefficient (Wildman–Crippen LogP) is 0.0414. The Morgan fingerprint density at radius 3 is 3.06 bits per heavy atom. The second-order valence-electron chi connectivity index (χ2n) is 4.06. The number of anilines is 1. The van der Waals surface area contributed by atoms with Crippen LogP contribution in [0.3, 0.4) is 0 Å². The summed E-state index contributed by atoms with van der Waals surface area (Å²) in [7, 11) is 0. The lowest BCUT2D eigenvalue weighted by molar-refractivity contribution is -0.134. The van der Waals surface area contributed by atoms with Gasteiger partial charge in [0.2, 0.25) is 0 Å². The first-order valence-electron chi connectivity index (χ1n) is 5.57. The highest BCUT2D eigenvalue weighted by Gasteiger charge is 2.32. The molecule has 90 valence electrons. The van der Waals surface area contributed by atoms with E-state index in [0.29, 0.717) is 6.54 Å². The summed E-state index contributed by atoms with van der Waals surface area (Å²) in [6, 6.07) is 5.72. The van der Waals surface area contributed by atoms with Crippen LogP contribution in [0.4, 0.5) is 5.69 Å². The van der Waals surface area contributed by atoms with Gasteiger partial charge in [0.15, 0.2) is 0 Å². The van der Waals surface area contributed by atoms with Gasteiger partial charge in [-0.05, 0) is 17.1 Å². The van der Waals surface area contributed by atoms with E-state index in [0.717, 1.165) is 16.7 Å². The number of nitrogens with two attached hydrogens (primary N) is 1. The van der Waals surface area contributed by atoms with Crippen LogP contribution in [-0.2, 0) is 9.45 Å². The number of carboxylic acid groups (broad SMARTS) is 1. The Labute approximate surface area is 100 Å². The monoisotopic (exact) mass is 234 g/mol. The molecule has 5 nitrogen and oxygen atoms in total. The van der Waals surface area contributed by atoms with Crippen LogP contribution in [0.2, 0.25) is 6.82 Å². The zero-order valence-corrected chi connectivity index (χ0v) is 9.64. The van der Waals surface area contributed by atoms with Crippen LogP contribution < -0.4 is 16.5 Å². The number of rotatable bonds is 4. The van der Waals surface area contributed by atoms with Crippen LogP contribution in [0.5, 0.6) is 0 Å². The van der Waals surface area contributed by atoms with E-state index in [-0.39, 0.29) is 19.6 Å². The topological polar surface area (TPSA) is 84.6 Å². The fraction of sp³-hybridized carbons (Fsp3) is 0.364. The number of carbonyl (C=O) groups is 1. The maximum atomic E-state index is 10.6. The summed E-state index contributed by atoms with van der Waals surface area (Å²) < 4.78 is 5.72. The SMILES string of the molecule is CB1O[C@H](CN)c2cccc(NCC(=O)O)c21. The van der Waals surface area contributed by atoms with Gasteiger partial charge in [0, 0.05) is 12.2 Å². The molecule has 4 N–H and O–H groups in total. The number of benzene rings is 1. The first kappa shape index (κ1) is 11.9. The molecule has 1 heterocycles. The van der Waals surface area contributed by atoms with Gasteiger partial charge in [-0.2, -0.15) is 0 Å². The van der Waals surface area contributed by atoms with Crippen molar-refractivity contribution in [1.82, 2.24) is 0 Å². The maximum Gasteiger partial charge on any atom is 0.326 e. The van der Waals surface area contributed by atoms with Gasteiger partial charge in [0.05, 0.1) is 6.10 Å².